The first-order valence-corrected chi connectivity index (χ1v) is 6.47. The van der Waals surface area contributed by atoms with E-state index in [0.717, 1.165) is 18.5 Å². The topological polar surface area (TPSA) is 67.2 Å². The maximum Gasteiger partial charge on any atom is 0.251 e. The highest BCUT2D eigenvalue weighted by Gasteiger charge is 2.25. The van der Waals surface area contributed by atoms with E-state index < -0.39 is 0 Å². The van der Waals surface area contributed by atoms with Gasteiger partial charge in [0.1, 0.15) is 0 Å². The molecule has 0 unspecified atom stereocenters. The molecule has 0 spiro atoms. The Kier molecular flexibility index (Phi) is 3.87. The molecule has 0 aromatic heterocycles. The first kappa shape index (κ1) is 12.9. The van der Waals surface area contributed by atoms with Crippen LogP contribution in [0.25, 0.3) is 0 Å². The van der Waals surface area contributed by atoms with E-state index in [1.807, 2.05) is 38.1 Å². The van der Waals surface area contributed by atoms with E-state index in [1.54, 1.807) is 0 Å². The van der Waals surface area contributed by atoms with E-state index in [-0.39, 0.29) is 11.9 Å². The van der Waals surface area contributed by atoms with Crippen LogP contribution in [0, 0.1) is 0 Å². The van der Waals surface area contributed by atoms with Crippen LogP contribution in [0.3, 0.4) is 0 Å². The Morgan fingerprint density at radius 2 is 2.11 bits per heavy atom. The number of carbonyl (C=O) groups is 1. The lowest BCUT2D eigenvalue weighted by atomic mass is 9.87. The Bertz CT molecular complexity index is 425. The molecule has 98 valence electrons. The molecule has 0 radical (unpaired) electrons. The van der Waals surface area contributed by atoms with Gasteiger partial charge in [0.05, 0.1) is 0 Å². The highest BCUT2D eigenvalue weighted by Crippen LogP contribution is 2.23. The van der Waals surface area contributed by atoms with Gasteiger partial charge < -0.3 is 16.4 Å². The van der Waals surface area contributed by atoms with Gasteiger partial charge in [-0.2, -0.15) is 0 Å². The number of nitrogens with two attached hydrogens (primary N) is 1. The zero-order valence-electron chi connectivity index (χ0n) is 10.9. The molecule has 0 saturated heterocycles. The number of carbonyl (C=O) groups excluding carboxylic acids is 1. The zero-order valence-corrected chi connectivity index (χ0v) is 10.9. The molecule has 0 bridgehead atoms. The van der Waals surface area contributed by atoms with E-state index in [1.165, 1.54) is 0 Å². The summed E-state index contributed by atoms with van der Waals surface area (Å²) in [5.74, 6) is -0.0287. The molecule has 4 nitrogen and oxygen atoms in total. The van der Waals surface area contributed by atoms with Crippen molar-refractivity contribution < 1.29 is 4.79 Å². The molecule has 4 N–H and O–H groups in total. The van der Waals surface area contributed by atoms with Crippen molar-refractivity contribution >= 4 is 11.6 Å². The molecule has 0 aliphatic heterocycles. The number of benzene rings is 1. The second-order valence-electron chi connectivity index (χ2n) is 5.28. The Labute approximate surface area is 108 Å². The highest BCUT2D eigenvalue weighted by atomic mass is 16.1. The van der Waals surface area contributed by atoms with Crippen LogP contribution in [0.1, 0.15) is 37.0 Å². The van der Waals surface area contributed by atoms with Crippen LogP contribution < -0.4 is 16.4 Å². The van der Waals surface area contributed by atoms with Gasteiger partial charge in [-0.15, -0.1) is 0 Å². The third-order valence-corrected chi connectivity index (χ3v) is 3.09. The molecule has 18 heavy (non-hydrogen) atoms. The number of hydrogen-bond donors (Lipinski definition) is 3. The third-order valence-electron chi connectivity index (χ3n) is 3.09. The van der Waals surface area contributed by atoms with Crippen LogP contribution in [-0.2, 0) is 0 Å². The molecular formula is C14H21N3O. The van der Waals surface area contributed by atoms with Gasteiger partial charge in [-0.3, -0.25) is 4.79 Å². The lowest BCUT2D eigenvalue weighted by Gasteiger charge is -2.33. The average molecular weight is 247 g/mol. The summed E-state index contributed by atoms with van der Waals surface area (Å²) in [4.78, 5) is 11.9. The van der Waals surface area contributed by atoms with Crippen molar-refractivity contribution in [3.63, 3.8) is 0 Å². The van der Waals surface area contributed by atoms with Gasteiger partial charge >= 0.3 is 0 Å². The fraction of sp³-hybridized carbons (Fsp3) is 0.500. The van der Waals surface area contributed by atoms with Gasteiger partial charge in [0, 0.05) is 29.4 Å². The van der Waals surface area contributed by atoms with E-state index >= 15 is 0 Å². The van der Waals surface area contributed by atoms with Crippen LogP contribution in [0.15, 0.2) is 24.3 Å². The maximum absolute atomic E-state index is 11.9. The number of rotatable bonds is 4. The van der Waals surface area contributed by atoms with Gasteiger partial charge in [-0.25, -0.2) is 0 Å². The van der Waals surface area contributed by atoms with Crippen molar-refractivity contribution in [1.82, 2.24) is 5.32 Å². The fourth-order valence-electron chi connectivity index (χ4n) is 2.11. The molecule has 1 saturated carbocycles. The first-order valence-electron chi connectivity index (χ1n) is 6.47. The second kappa shape index (κ2) is 5.40. The average Bonchev–Trinajstić information content (AvgIpc) is 2.26. The van der Waals surface area contributed by atoms with Crippen molar-refractivity contribution in [2.75, 3.05) is 5.32 Å². The molecule has 2 rings (SSSR count). The molecule has 1 aromatic carbocycles. The monoisotopic (exact) mass is 247 g/mol. The summed E-state index contributed by atoms with van der Waals surface area (Å²) in [6, 6.07) is 8.53. The van der Waals surface area contributed by atoms with Crippen molar-refractivity contribution in [2.45, 2.75) is 44.8 Å². The lowest BCUT2D eigenvalue weighted by Crippen LogP contribution is -2.44. The number of amides is 1. The summed E-state index contributed by atoms with van der Waals surface area (Å²) >= 11 is 0. The lowest BCUT2D eigenvalue weighted by molar-refractivity contribution is 0.0943. The molecule has 1 aliphatic carbocycles. The van der Waals surface area contributed by atoms with E-state index in [9.17, 15) is 4.79 Å². The molecule has 0 heterocycles. The molecule has 1 fully saturated rings. The third kappa shape index (κ3) is 3.23. The minimum absolute atomic E-state index is 0.0287. The summed E-state index contributed by atoms with van der Waals surface area (Å²) in [6.45, 7) is 3.91. The summed E-state index contributed by atoms with van der Waals surface area (Å²) < 4.78 is 0. The van der Waals surface area contributed by atoms with Gasteiger partial charge in [0.2, 0.25) is 0 Å². The van der Waals surface area contributed by atoms with Gasteiger partial charge in [-0.05, 0) is 44.9 Å². The Hall–Kier alpha value is -1.55. The zero-order chi connectivity index (χ0) is 13.1. The minimum Gasteiger partial charge on any atom is -0.382 e. The van der Waals surface area contributed by atoms with Gasteiger partial charge in [0.25, 0.3) is 5.91 Å². The highest BCUT2D eigenvalue weighted by molar-refractivity contribution is 5.95. The van der Waals surface area contributed by atoms with E-state index in [2.05, 4.69) is 10.6 Å². The summed E-state index contributed by atoms with van der Waals surface area (Å²) in [5.41, 5.74) is 7.43. The summed E-state index contributed by atoms with van der Waals surface area (Å²) in [6.07, 6.45) is 2.00. The van der Waals surface area contributed by atoms with Crippen LogP contribution in [0.5, 0.6) is 0 Å². The van der Waals surface area contributed by atoms with Crippen molar-refractivity contribution in [3.8, 4) is 0 Å². The van der Waals surface area contributed by atoms with E-state index in [0.29, 0.717) is 17.6 Å². The van der Waals surface area contributed by atoms with Gasteiger partial charge in [0.15, 0.2) is 0 Å². The SMILES string of the molecule is CC(C)NC(=O)c1cccc(NC2CC(N)C2)c1. The fourth-order valence-corrected chi connectivity index (χ4v) is 2.11. The Balaban J connectivity index is 1.98. The first-order chi connectivity index (χ1) is 8.54. The standard InChI is InChI=1S/C14H21N3O/c1-9(2)16-14(18)10-4-3-5-12(6-10)17-13-7-11(15)8-13/h3-6,9,11,13,17H,7-8,15H2,1-2H3,(H,16,18). The molecule has 4 heteroatoms. The second-order valence-corrected chi connectivity index (χ2v) is 5.28. The smallest absolute Gasteiger partial charge is 0.251 e. The van der Waals surface area contributed by atoms with Crippen LogP contribution in [0.2, 0.25) is 0 Å². The van der Waals surface area contributed by atoms with Crippen molar-refractivity contribution in [1.29, 1.82) is 0 Å². The van der Waals surface area contributed by atoms with Crippen LogP contribution in [0.4, 0.5) is 5.69 Å². The summed E-state index contributed by atoms with van der Waals surface area (Å²) in [5, 5.41) is 6.29. The van der Waals surface area contributed by atoms with E-state index in [4.69, 9.17) is 5.73 Å². The predicted molar refractivity (Wildman–Crippen MR) is 73.7 cm³/mol. The van der Waals surface area contributed by atoms with Gasteiger partial charge in [-0.1, -0.05) is 6.07 Å². The number of nitrogens with one attached hydrogen (secondary N) is 2. The quantitative estimate of drug-likeness (QED) is 0.759. The molecular weight excluding hydrogens is 226 g/mol. The maximum atomic E-state index is 11.9. The Morgan fingerprint density at radius 3 is 2.72 bits per heavy atom. The minimum atomic E-state index is -0.0287. The van der Waals surface area contributed by atoms with Crippen LogP contribution >= 0.6 is 0 Å². The number of anilines is 1. The normalized spacial score (nSPS) is 22.4. The van der Waals surface area contributed by atoms with Crippen molar-refractivity contribution in [2.24, 2.45) is 5.73 Å². The molecule has 1 aromatic rings. The molecule has 0 atom stereocenters. The number of hydrogen-bond acceptors (Lipinski definition) is 3. The van der Waals surface area contributed by atoms with Crippen molar-refractivity contribution in [3.05, 3.63) is 29.8 Å². The predicted octanol–water partition coefficient (Wildman–Crippen LogP) is 1.73. The largest absolute Gasteiger partial charge is 0.382 e. The Morgan fingerprint density at radius 1 is 1.39 bits per heavy atom. The molecule has 1 amide bonds. The van der Waals surface area contributed by atoms with Crippen LogP contribution in [-0.4, -0.2) is 24.0 Å². The molecule has 1 aliphatic rings. The summed E-state index contributed by atoms with van der Waals surface area (Å²) in [7, 11) is 0.